The molecule has 0 saturated heterocycles. The summed E-state index contributed by atoms with van der Waals surface area (Å²) in [6, 6.07) is 8.40. The fourth-order valence-corrected chi connectivity index (χ4v) is 2.76. The number of hydrogen-bond donors (Lipinski definition) is 3. The van der Waals surface area contributed by atoms with Crippen molar-refractivity contribution in [3.8, 4) is 0 Å². The zero-order valence-corrected chi connectivity index (χ0v) is 12.2. The fraction of sp³-hybridized carbons (Fsp3) is 0.467. The lowest BCUT2D eigenvalue weighted by Crippen LogP contribution is -2.37. The lowest BCUT2D eigenvalue weighted by atomic mass is 10.1. The largest absolute Gasteiger partial charge is 0.395 e. The predicted octanol–water partition coefficient (Wildman–Crippen LogP) is 1.40. The predicted molar refractivity (Wildman–Crippen MR) is 82.3 cm³/mol. The lowest BCUT2D eigenvalue weighted by molar-refractivity contribution is 0.123. The van der Waals surface area contributed by atoms with Gasteiger partial charge < -0.3 is 20.3 Å². The van der Waals surface area contributed by atoms with Gasteiger partial charge in [0.1, 0.15) is 0 Å². The van der Waals surface area contributed by atoms with Gasteiger partial charge in [0.25, 0.3) is 0 Å². The van der Waals surface area contributed by atoms with Crippen LogP contribution in [-0.2, 0) is 11.2 Å². The molecule has 3 N–H and O–H groups in total. The molecule has 0 saturated carbocycles. The van der Waals surface area contributed by atoms with Crippen molar-refractivity contribution < 1.29 is 14.9 Å². The number of thiophene rings is 1. The average Bonchev–Trinajstić information content (AvgIpc) is 2.94. The summed E-state index contributed by atoms with van der Waals surface area (Å²) in [6.45, 7) is 1.78. The third-order valence-electron chi connectivity index (χ3n) is 3.17. The van der Waals surface area contributed by atoms with Crippen molar-refractivity contribution in [2.24, 2.45) is 0 Å². The minimum Gasteiger partial charge on any atom is -0.395 e. The fourth-order valence-electron chi connectivity index (χ4n) is 1.99. The van der Waals surface area contributed by atoms with Crippen LogP contribution >= 0.6 is 11.3 Å². The summed E-state index contributed by atoms with van der Waals surface area (Å²) < 4.78 is 6.86. The molecule has 0 bridgehead atoms. The topological polar surface area (TPSA) is 61.7 Å². The monoisotopic (exact) mass is 295 g/mol. The standard InChI is InChI=1S/C15H21NO3S/c17-10-14(11-18)16-5-7-19-6-3-12-1-2-15-13(9-12)4-8-20-15/h1-2,4,8-9,14,16-18H,3,5-7,10-11H2. The Morgan fingerprint density at radius 1 is 1.15 bits per heavy atom. The zero-order valence-electron chi connectivity index (χ0n) is 11.4. The highest BCUT2D eigenvalue weighted by Crippen LogP contribution is 2.21. The van der Waals surface area contributed by atoms with E-state index in [0.717, 1.165) is 6.42 Å². The Morgan fingerprint density at radius 3 is 2.80 bits per heavy atom. The third-order valence-corrected chi connectivity index (χ3v) is 4.07. The van der Waals surface area contributed by atoms with Crippen LogP contribution in [0.5, 0.6) is 0 Å². The highest BCUT2D eigenvalue weighted by molar-refractivity contribution is 7.17. The first-order valence-corrected chi connectivity index (χ1v) is 7.70. The van der Waals surface area contributed by atoms with Gasteiger partial charge >= 0.3 is 0 Å². The first-order chi connectivity index (χ1) is 9.83. The molecule has 2 rings (SSSR count). The first kappa shape index (κ1) is 15.4. The third kappa shape index (κ3) is 4.54. The molecule has 1 aromatic carbocycles. The molecule has 0 atom stereocenters. The van der Waals surface area contributed by atoms with Gasteiger partial charge in [0.2, 0.25) is 0 Å². The van der Waals surface area contributed by atoms with Gasteiger partial charge in [-0.25, -0.2) is 0 Å². The van der Waals surface area contributed by atoms with Crippen molar-refractivity contribution in [1.29, 1.82) is 0 Å². The summed E-state index contributed by atoms with van der Waals surface area (Å²) in [5.74, 6) is 0. The van der Waals surface area contributed by atoms with Crippen LogP contribution in [0, 0.1) is 0 Å². The molecular weight excluding hydrogens is 274 g/mol. The van der Waals surface area contributed by atoms with E-state index in [1.165, 1.54) is 15.6 Å². The number of benzene rings is 1. The van der Waals surface area contributed by atoms with Gasteiger partial charge in [0.05, 0.1) is 32.5 Å². The van der Waals surface area contributed by atoms with Crippen molar-refractivity contribution >= 4 is 21.4 Å². The highest BCUT2D eigenvalue weighted by atomic mass is 32.1. The Kier molecular flexibility index (Phi) is 6.42. The van der Waals surface area contributed by atoms with Gasteiger partial charge in [-0.05, 0) is 34.9 Å². The molecule has 4 nitrogen and oxygen atoms in total. The number of nitrogens with one attached hydrogen (secondary N) is 1. The van der Waals surface area contributed by atoms with E-state index >= 15 is 0 Å². The molecule has 0 fully saturated rings. The van der Waals surface area contributed by atoms with E-state index in [-0.39, 0.29) is 19.3 Å². The second kappa shape index (κ2) is 8.34. The van der Waals surface area contributed by atoms with E-state index in [4.69, 9.17) is 14.9 Å². The van der Waals surface area contributed by atoms with E-state index in [9.17, 15) is 0 Å². The summed E-state index contributed by atoms with van der Waals surface area (Å²) in [5, 5.41) is 24.2. The minimum atomic E-state index is -0.250. The number of fused-ring (bicyclic) bond motifs is 1. The Bertz CT molecular complexity index is 511. The maximum atomic E-state index is 8.88. The lowest BCUT2D eigenvalue weighted by Gasteiger charge is -2.13. The molecule has 0 aliphatic heterocycles. The SMILES string of the molecule is OCC(CO)NCCOCCc1ccc2sccc2c1. The smallest absolute Gasteiger partial charge is 0.0607 e. The van der Waals surface area contributed by atoms with Gasteiger partial charge in [-0.3, -0.25) is 0 Å². The van der Waals surface area contributed by atoms with Crippen molar-refractivity contribution in [3.63, 3.8) is 0 Å². The number of aliphatic hydroxyl groups excluding tert-OH is 2. The molecule has 0 aliphatic rings. The van der Waals surface area contributed by atoms with Gasteiger partial charge in [-0.15, -0.1) is 11.3 Å². The Hall–Kier alpha value is -0.980. The molecule has 1 aromatic heterocycles. The Labute approximate surface area is 123 Å². The molecule has 20 heavy (non-hydrogen) atoms. The highest BCUT2D eigenvalue weighted by Gasteiger charge is 2.03. The van der Waals surface area contributed by atoms with Crippen molar-refractivity contribution in [1.82, 2.24) is 5.32 Å². The first-order valence-electron chi connectivity index (χ1n) is 6.82. The second-order valence-corrected chi connectivity index (χ2v) is 5.62. The summed E-state index contributed by atoms with van der Waals surface area (Å²) in [7, 11) is 0. The van der Waals surface area contributed by atoms with E-state index in [1.54, 1.807) is 11.3 Å². The van der Waals surface area contributed by atoms with E-state index in [0.29, 0.717) is 19.8 Å². The average molecular weight is 295 g/mol. The number of aliphatic hydroxyl groups is 2. The molecule has 0 amide bonds. The normalized spacial score (nSPS) is 11.6. The van der Waals surface area contributed by atoms with Gasteiger partial charge in [-0.2, -0.15) is 0 Å². The maximum Gasteiger partial charge on any atom is 0.0607 e. The molecule has 5 heteroatoms. The molecule has 0 radical (unpaired) electrons. The molecule has 0 unspecified atom stereocenters. The summed E-state index contributed by atoms with van der Waals surface area (Å²) >= 11 is 1.76. The van der Waals surface area contributed by atoms with Crippen LogP contribution in [-0.4, -0.2) is 49.2 Å². The van der Waals surface area contributed by atoms with E-state index in [1.807, 2.05) is 0 Å². The number of rotatable bonds is 9. The van der Waals surface area contributed by atoms with E-state index in [2.05, 4.69) is 35.0 Å². The molecule has 0 spiro atoms. The van der Waals surface area contributed by atoms with Gasteiger partial charge in [0, 0.05) is 11.2 Å². The Morgan fingerprint density at radius 2 is 2.00 bits per heavy atom. The summed E-state index contributed by atoms with van der Waals surface area (Å²) in [5.41, 5.74) is 1.28. The Balaban J connectivity index is 1.63. The quantitative estimate of drug-likeness (QED) is 0.612. The molecule has 1 heterocycles. The van der Waals surface area contributed by atoms with E-state index < -0.39 is 0 Å². The van der Waals surface area contributed by atoms with Crippen LogP contribution in [0.1, 0.15) is 5.56 Å². The van der Waals surface area contributed by atoms with Crippen LogP contribution in [0.25, 0.3) is 10.1 Å². The summed E-state index contributed by atoms with van der Waals surface area (Å²) in [6.07, 6.45) is 0.898. The van der Waals surface area contributed by atoms with Gasteiger partial charge in [-0.1, -0.05) is 12.1 Å². The molecule has 2 aromatic rings. The van der Waals surface area contributed by atoms with Crippen molar-refractivity contribution in [2.45, 2.75) is 12.5 Å². The molecule has 0 aliphatic carbocycles. The minimum absolute atomic E-state index is 0.0584. The second-order valence-electron chi connectivity index (χ2n) is 4.67. The summed E-state index contributed by atoms with van der Waals surface area (Å²) in [4.78, 5) is 0. The molecule has 110 valence electrons. The number of ether oxygens (including phenoxy) is 1. The van der Waals surface area contributed by atoms with Crippen LogP contribution in [0.3, 0.4) is 0 Å². The van der Waals surface area contributed by atoms with Crippen LogP contribution < -0.4 is 5.32 Å². The van der Waals surface area contributed by atoms with Crippen molar-refractivity contribution in [2.75, 3.05) is 33.0 Å². The zero-order chi connectivity index (χ0) is 14.2. The van der Waals surface area contributed by atoms with Crippen LogP contribution in [0.2, 0.25) is 0 Å². The van der Waals surface area contributed by atoms with Crippen LogP contribution in [0.15, 0.2) is 29.6 Å². The maximum absolute atomic E-state index is 8.88. The number of hydrogen-bond acceptors (Lipinski definition) is 5. The van der Waals surface area contributed by atoms with Crippen molar-refractivity contribution in [3.05, 3.63) is 35.2 Å². The van der Waals surface area contributed by atoms with Gasteiger partial charge in [0.15, 0.2) is 0 Å². The van der Waals surface area contributed by atoms with Crippen LogP contribution in [0.4, 0.5) is 0 Å². The molecular formula is C15H21NO3S.